The summed E-state index contributed by atoms with van der Waals surface area (Å²) in [4.78, 5) is 4.31. The Bertz CT molecular complexity index is 444. The maximum absolute atomic E-state index is 4.31. The van der Waals surface area contributed by atoms with E-state index in [0.29, 0.717) is 4.75 Å². The quantitative estimate of drug-likeness (QED) is 0.311. The molecule has 1 aromatic rings. The molecule has 124 valence electrons. The van der Waals surface area contributed by atoms with Crippen molar-refractivity contribution in [3.8, 4) is 0 Å². The molecule has 1 saturated heterocycles. The molecule has 3 nitrogen and oxygen atoms in total. The van der Waals surface area contributed by atoms with E-state index in [2.05, 4.69) is 64.6 Å². The van der Waals surface area contributed by atoms with Crippen molar-refractivity contribution in [3.05, 3.63) is 35.9 Å². The third-order valence-electron chi connectivity index (χ3n) is 3.93. The maximum atomic E-state index is 4.31. The van der Waals surface area contributed by atoms with Gasteiger partial charge in [0, 0.05) is 24.9 Å². The van der Waals surface area contributed by atoms with Crippen LogP contribution in [0.3, 0.4) is 0 Å². The lowest BCUT2D eigenvalue weighted by molar-refractivity contribution is 0.583. The highest BCUT2D eigenvalue weighted by molar-refractivity contribution is 14.0. The molecule has 0 amide bonds. The molecule has 1 aliphatic heterocycles. The number of hydrogen-bond donors (Lipinski definition) is 2. The van der Waals surface area contributed by atoms with Crippen LogP contribution in [0.4, 0.5) is 0 Å². The SMILES string of the molecule is CN=C(NCCCc1ccccc1)NCC1(C)CCCS1.I. The van der Waals surface area contributed by atoms with Gasteiger partial charge in [0.2, 0.25) is 0 Å². The molecule has 5 heteroatoms. The molecule has 0 aliphatic carbocycles. The van der Waals surface area contributed by atoms with Crippen LogP contribution in [-0.2, 0) is 6.42 Å². The fourth-order valence-corrected chi connectivity index (χ4v) is 3.86. The van der Waals surface area contributed by atoms with Gasteiger partial charge in [0.05, 0.1) is 0 Å². The molecule has 0 radical (unpaired) electrons. The van der Waals surface area contributed by atoms with Crippen molar-refractivity contribution >= 4 is 41.7 Å². The third kappa shape index (κ3) is 6.77. The summed E-state index contributed by atoms with van der Waals surface area (Å²) in [6.45, 7) is 4.30. The van der Waals surface area contributed by atoms with Crippen LogP contribution in [0.25, 0.3) is 0 Å². The van der Waals surface area contributed by atoms with Crippen molar-refractivity contribution < 1.29 is 0 Å². The van der Waals surface area contributed by atoms with Gasteiger partial charge in [-0.1, -0.05) is 30.3 Å². The van der Waals surface area contributed by atoms with E-state index in [-0.39, 0.29) is 24.0 Å². The van der Waals surface area contributed by atoms with E-state index in [4.69, 9.17) is 0 Å². The number of nitrogens with one attached hydrogen (secondary N) is 2. The lowest BCUT2D eigenvalue weighted by atomic mass is 10.1. The largest absolute Gasteiger partial charge is 0.356 e. The smallest absolute Gasteiger partial charge is 0.191 e. The Morgan fingerprint density at radius 2 is 2.05 bits per heavy atom. The minimum Gasteiger partial charge on any atom is -0.356 e. The van der Waals surface area contributed by atoms with Crippen molar-refractivity contribution in [1.29, 1.82) is 0 Å². The summed E-state index contributed by atoms with van der Waals surface area (Å²) < 4.78 is 0.377. The Labute approximate surface area is 156 Å². The van der Waals surface area contributed by atoms with Crippen molar-refractivity contribution in [2.45, 2.75) is 37.4 Å². The third-order valence-corrected chi connectivity index (χ3v) is 5.47. The number of hydrogen-bond acceptors (Lipinski definition) is 2. The lowest BCUT2D eigenvalue weighted by Gasteiger charge is -2.24. The van der Waals surface area contributed by atoms with Crippen molar-refractivity contribution in [2.75, 3.05) is 25.9 Å². The zero-order chi connectivity index (χ0) is 15.0. The maximum Gasteiger partial charge on any atom is 0.191 e. The van der Waals surface area contributed by atoms with E-state index in [1.54, 1.807) is 0 Å². The minimum absolute atomic E-state index is 0. The Kier molecular flexibility index (Phi) is 9.24. The number of benzene rings is 1. The van der Waals surface area contributed by atoms with E-state index in [0.717, 1.165) is 31.9 Å². The Balaban J connectivity index is 0.00000242. The molecule has 1 aromatic carbocycles. The zero-order valence-corrected chi connectivity index (χ0v) is 16.7. The number of thioether (sulfide) groups is 1. The van der Waals surface area contributed by atoms with Crippen LogP contribution >= 0.6 is 35.7 Å². The van der Waals surface area contributed by atoms with Gasteiger partial charge in [-0.15, -0.1) is 24.0 Å². The predicted molar refractivity (Wildman–Crippen MR) is 110 cm³/mol. The van der Waals surface area contributed by atoms with Crippen LogP contribution in [0.2, 0.25) is 0 Å². The molecule has 1 fully saturated rings. The molecule has 2 rings (SSSR count). The van der Waals surface area contributed by atoms with E-state index < -0.39 is 0 Å². The predicted octanol–water partition coefficient (Wildman–Crippen LogP) is 3.69. The monoisotopic (exact) mass is 433 g/mol. The summed E-state index contributed by atoms with van der Waals surface area (Å²) in [5.41, 5.74) is 1.40. The lowest BCUT2D eigenvalue weighted by Crippen LogP contribution is -2.43. The second-order valence-electron chi connectivity index (χ2n) is 5.84. The van der Waals surface area contributed by atoms with Gasteiger partial charge in [-0.05, 0) is 43.9 Å². The fourth-order valence-electron chi connectivity index (χ4n) is 2.61. The molecule has 1 aliphatic rings. The highest BCUT2D eigenvalue weighted by Gasteiger charge is 2.29. The number of guanidine groups is 1. The summed E-state index contributed by atoms with van der Waals surface area (Å²) in [7, 11) is 1.84. The highest BCUT2D eigenvalue weighted by Crippen LogP contribution is 2.36. The Morgan fingerprint density at radius 3 is 2.68 bits per heavy atom. The molecule has 0 saturated carbocycles. The zero-order valence-electron chi connectivity index (χ0n) is 13.6. The topological polar surface area (TPSA) is 36.4 Å². The summed E-state index contributed by atoms with van der Waals surface area (Å²) in [5.74, 6) is 2.22. The fraction of sp³-hybridized carbons (Fsp3) is 0.588. The van der Waals surface area contributed by atoms with Crippen LogP contribution in [-0.4, -0.2) is 36.6 Å². The van der Waals surface area contributed by atoms with Crippen molar-refractivity contribution in [3.63, 3.8) is 0 Å². The highest BCUT2D eigenvalue weighted by atomic mass is 127. The summed E-state index contributed by atoms with van der Waals surface area (Å²) >= 11 is 2.08. The Morgan fingerprint density at radius 1 is 1.27 bits per heavy atom. The number of nitrogens with zero attached hydrogens (tertiary/aromatic N) is 1. The first-order valence-electron chi connectivity index (χ1n) is 7.84. The second-order valence-corrected chi connectivity index (χ2v) is 7.53. The van der Waals surface area contributed by atoms with Gasteiger partial charge in [-0.3, -0.25) is 4.99 Å². The van der Waals surface area contributed by atoms with E-state index in [1.165, 1.54) is 24.2 Å². The number of aliphatic imine (C=N–C) groups is 1. The van der Waals surface area contributed by atoms with Crippen LogP contribution in [0.15, 0.2) is 35.3 Å². The van der Waals surface area contributed by atoms with Gasteiger partial charge in [-0.2, -0.15) is 11.8 Å². The van der Waals surface area contributed by atoms with Crippen molar-refractivity contribution in [2.24, 2.45) is 4.99 Å². The first kappa shape index (κ1) is 19.6. The molecule has 1 unspecified atom stereocenters. The van der Waals surface area contributed by atoms with Gasteiger partial charge < -0.3 is 10.6 Å². The first-order chi connectivity index (χ1) is 10.2. The molecular weight excluding hydrogens is 405 g/mol. The number of rotatable bonds is 6. The van der Waals surface area contributed by atoms with Crippen LogP contribution in [0.1, 0.15) is 31.7 Å². The molecule has 0 bridgehead atoms. The van der Waals surface area contributed by atoms with Crippen LogP contribution < -0.4 is 10.6 Å². The Hall–Kier alpha value is -0.430. The van der Waals surface area contributed by atoms with Gasteiger partial charge in [0.1, 0.15) is 0 Å². The number of halogens is 1. The number of aryl methyl sites for hydroxylation is 1. The second kappa shape index (κ2) is 10.4. The van der Waals surface area contributed by atoms with Crippen LogP contribution in [0, 0.1) is 0 Å². The van der Waals surface area contributed by atoms with Gasteiger partial charge in [0.25, 0.3) is 0 Å². The average Bonchev–Trinajstić information content (AvgIpc) is 2.95. The van der Waals surface area contributed by atoms with E-state index in [9.17, 15) is 0 Å². The molecule has 1 atom stereocenters. The van der Waals surface area contributed by atoms with E-state index in [1.807, 2.05) is 7.05 Å². The van der Waals surface area contributed by atoms with Crippen LogP contribution in [0.5, 0.6) is 0 Å². The summed E-state index contributed by atoms with van der Waals surface area (Å²) in [6.07, 6.45) is 4.87. The van der Waals surface area contributed by atoms with Gasteiger partial charge >= 0.3 is 0 Å². The standard InChI is InChI=1S/C17H27N3S.HI/c1-17(11-7-13-21-17)14-20-16(18-2)19-12-6-10-15-8-4-3-5-9-15;/h3-5,8-9H,6-7,10-14H2,1-2H3,(H2,18,19,20);1H. The van der Waals surface area contributed by atoms with Gasteiger partial charge in [0.15, 0.2) is 5.96 Å². The molecule has 2 N–H and O–H groups in total. The molecular formula is C17H28IN3S. The summed E-state index contributed by atoms with van der Waals surface area (Å²) in [6, 6.07) is 10.6. The van der Waals surface area contributed by atoms with Gasteiger partial charge in [-0.25, -0.2) is 0 Å². The molecule has 0 spiro atoms. The van der Waals surface area contributed by atoms with E-state index >= 15 is 0 Å². The van der Waals surface area contributed by atoms with Crippen molar-refractivity contribution in [1.82, 2.24) is 10.6 Å². The summed E-state index contributed by atoms with van der Waals surface area (Å²) in [5, 5.41) is 6.88. The average molecular weight is 433 g/mol. The molecule has 0 aromatic heterocycles. The normalized spacial score (nSPS) is 21.3. The minimum atomic E-state index is 0. The first-order valence-corrected chi connectivity index (χ1v) is 8.83. The molecule has 22 heavy (non-hydrogen) atoms. The molecule has 1 heterocycles.